The number of nitrogens with one attached hydrogen (secondary N) is 2. The molecule has 0 fully saturated rings. The molecule has 31 heavy (non-hydrogen) atoms. The first kappa shape index (κ1) is 22.2. The fourth-order valence-corrected chi connectivity index (χ4v) is 4.10. The van der Waals surface area contributed by atoms with Gasteiger partial charge in [0.15, 0.2) is 4.90 Å². The molecule has 0 aromatic heterocycles. The summed E-state index contributed by atoms with van der Waals surface area (Å²) in [6.45, 7) is 1.94. The van der Waals surface area contributed by atoms with Crippen LogP contribution in [0.5, 0.6) is 0 Å². The molecule has 3 rings (SSSR count). The Hall–Kier alpha value is -3.49. The number of para-hydroxylation sites is 2. The summed E-state index contributed by atoms with van der Waals surface area (Å²) in [6, 6.07) is 18.0. The van der Waals surface area contributed by atoms with Crippen LogP contribution in [0.4, 0.5) is 22.7 Å². The van der Waals surface area contributed by atoms with Crippen molar-refractivity contribution in [2.24, 2.45) is 0 Å². The van der Waals surface area contributed by atoms with E-state index < -0.39 is 23.1 Å². The molecule has 8 heteroatoms. The zero-order valence-corrected chi connectivity index (χ0v) is 17.6. The van der Waals surface area contributed by atoms with E-state index in [0.29, 0.717) is 33.4 Å². The molecule has 3 aromatic carbocycles. The van der Waals surface area contributed by atoms with Gasteiger partial charge in [-0.1, -0.05) is 31.2 Å². The van der Waals surface area contributed by atoms with Crippen LogP contribution in [0.25, 0.3) is 0 Å². The second kappa shape index (κ2) is 10.0. The van der Waals surface area contributed by atoms with Crippen molar-refractivity contribution in [1.29, 1.82) is 0 Å². The van der Waals surface area contributed by atoms with Crippen LogP contribution in [-0.2, 0) is 11.2 Å². The summed E-state index contributed by atoms with van der Waals surface area (Å²) in [5.74, 6) is -1.66. The molecule has 0 aliphatic heterocycles. The summed E-state index contributed by atoms with van der Waals surface area (Å²) < 4.78 is 12.5. The molecule has 0 amide bonds. The van der Waals surface area contributed by atoms with Gasteiger partial charge in [-0.25, -0.2) is 9.59 Å². The number of carboxylic acids is 2. The Balaban J connectivity index is 2.05. The molecule has 0 radical (unpaired) electrons. The van der Waals surface area contributed by atoms with Gasteiger partial charge in [0.05, 0.1) is 33.9 Å². The van der Waals surface area contributed by atoms with Crippen molar-refractivity contribution in [2.45, 2.75) is 18.2 Å². The molecule has 0 heterocycles. The van der Waals surface area contributed by atoms with E-state index in [1.54, 1.807) is 54.6 Å². The Bertz CT molecular complexity index is 1100. The second-order valence-corrected chi connectivity index (χ2v) is 8.28. The van der Waals surface area contributed by atoms with Gasteiger partial charge in [0.25, 0.3) is 0 Å². The van der Waals surface area contributed by atoms with Crippen LogP contribution in [0, 0.1) is 0 Å². The van der Waals surface area contributed by atoms with Crippen molar-refractivity contribution in [3.05, 3.63) is 77.9 Å². The van der Waals surface area contributed by atoms with Gasteiger partial charge in [-0.05, 0) is 54.0 Å². The van der Waals surface area contributed by atoms with Gasteiger partial charge in [0.1, 0.15) is 5.75 Å². The van der Waals surface area contributed by atoms with Gasteiger partial charge >= 0.3 is 11.9 Å². The van der Waals surface area contributed by atoms with Crippen LogP contribution in [0.15, 0.2) is 71.6 Å². The third kappa shape index (κ3) is 5.36. The number of hydrogen-bond donors (Lipinski definition) is 4. The second-order valence-electron chi connectivity index (χ2n) is 6.71. The topological polar surface area (TPSA) is 122 Å². The minimum absolute atomic E-state index is 0.0828. The molecular weight excluding hydrogens is 416 g/mol. The Morgan fingerprint density at radius 2 is 1.32 bits per heavy atom. The van der Waals surface area contributed by atoms with Crippen molar-refractivity contribution < 1.29 is 24.4 Å². The van der Waals surface area contributed by atoms with Crippen LogP contribution in [0.1, 0.15) is 34.1 Å². The molecule has 0 aliphatic rings. The van der Waals surface area contributed by atoms with E-state index >= 15 is 0 Å². The minimum atomic E-state index is -1.21. The Labute approximate surface area is 182 Å². The van der Waals surface area contributed by atoms with Crippen molar-refractivity contribution in [3.8, 4) is 0 Å². The Morgan fingerprint density at radius 3 is 1.84 bits per heavy atom. The smallest absolute Gasteiger partial charge is 0.337 e. The number of rotatable bonds is 9. The average molecular weight is 439 g/mol. The predicted molar refractivity (Wildman–Crippen MR) is 121 cm³/mol. The Kier molecular flexibility index (Phi) is 7.17. The first-order valence-electron chi connectivity index (χ1n) is 9.61. The van der Waals surface area contributed by atoms with Crippen molar-refractivity contribution in [1.82, 2.24) is 0 Å². The van der Waals surface area contributed by atoms with Gasteiger partial charge < -0.3 is 25.4 Å². The highest BCUT2D eigenvalue weighted by Gasteiger charge is 2.17. The van der Waals surface area contributed by atoms with E-state index in [2.05, 4.69) is 10.6 Å². The van der Waals surface area contributed by atoms with E-state index in [4.69, 9.17) is 0 Å². The lowest BCUT2D eigenvalue weighted by atomic mass is 10.1. The molecular formula is C23H22N2O5S. The predicted octanol–water partition coefficient (Wildman–Crippen LogP) is 5.09. The number of anilines is 4. The molecule has 160 valence electrons. The summed E-state index contributed by atoms with van der Waals surface area (Å²) in [5.41, 5.74) is 1.93. The van der Waals surface area contributed by atoms with Gasteiger partial charge in [-0.15, -0.1) is 0 Å². The molecule has 1 unspecified atom stereocenters. The summed E-state index contributed by atoms with van der Waals surface area (Å²) in [7, 11) is 0. The molecule has 7 nitrogen and oxygen atoms in total. The maximum Gasteiger partial charge on any atom is 0.337 e. The van der Waals surface area contributed by atoms with Crippen molar-refractivity contribution >= 4 is 45.9 Å². The quantitative estimate of drug-likeness (QED) is 0.343. The fourth-order valence-electron chi connectivity index (χ4n) is 3.03. The van der Waals surface area contributed by atoms with Crippen LogP contribution < -0.4 is 10.6 Å². The molecule has 3 aromatic rings. The number of benzene rings is 3. The van der Waals surface area contributed by atoms with Gasteiger partial charge in [-0.3, -0.25) is 0 Å². The number of carboxylic acid groups (broad SMARTS) is 2. The molecule has 0 bridgehead atoms. The lowest BCUT2D eigenvalue weighted by molar-refractivity contribution is 0.0687. The maximum atomic E-state index is 12.5. The van der Waals surface area contributed by atoms with Gasteiger partial charge in [0, 0.05) is 6.07 Å². The van der Waals surface area contributed by atoms with Gasteiger partial charge in [-0.2, -0.15) is 0 Å². The van der Waals surface area contributed by atoms with Crippen LogP contribution >= 0.6 is 0 Å². The molecule has 1 atom stereocenters. The van der Waals surface area contributed by atoms with E-state index in [-0.39, 0.29) is 11.1 Å². The number of hydrogen-bond acceptors (Lipinski definition) is 5. The number of aromatic carboxylic acids is 2. The maximum absolute atomic E-state index is 12.5. The summed E-state index contributed by atoms with van der Waals surface area (Å²) in [6.07, 6.45) is 0.753. The SMILES string of the molecule is CCC[S+]([O-])c1ccc(Nc2ccccc2C(=O)O)c(Nc2ccccc2C(=O)O)c1. The molecule has 4 N–H and O–H groups in total. The summed E-state index contributed by atoms with van der Waals surface area (Å²) in [5, 5.41) is 25.2. The third-order valence-electron chi connectivity index (χ3n) is 4.50. The van der Waals surface area contributed by atoms with Crippen LogP contribution in [0.2, 0.25) is 0 Å². The largest absolute Gasteiger partial charge is 0.611 e. The van der Waals surface area contributed by atoms with Crippen molar-refractivity contribution in [2.75, 3.05) is 16.4 Å². The van der Waals surface area contributed by atoms with E-state index in [1.807, 2.05) is 6.92 Å². The third-order valence-corrected chi connectivity index (χ3v) is 6.06. The zero-order valence-electron chi connectivity index (χ0n) is 16.8. The van der Waals surface area contributed by atoms with Crippen LogP contribution in [-0.4, -0.2) is 32.5 Å². The first-order valence-corrected chi connectivity index (χ1v) is 10.9. The molecule has 0 aliphatic carbocycles. The van der Waals surface area contributed by atoms with E-state index in [1.165, 1.54) is 12.1 Å². The minimum Gasteiger partial charge on any atom is -0.611 e. The zero-order chi connectivity index (χ0) is 22.4. The van der Waals surface area contributed by atoms with E-state index in [0.717, 1.165) is 6.42 Å². The van der Waals surface area contributed by atoms with Crippen LogP contribution in [0.3, 0.4) is 0 Å². The normalized spacial score (nSPS) is 11.5. The molecule has 0 spiro atoms. The highest BCUT2D eigenvalue weighted by Crippen LogP contribution is 2.33. The highest BCUT2D eigenvalue weighted by molar-refractivity contribution is 7.91. The number of carbonyl (C=O) groups is 2. The summed E-state index contributed by atoms with van der Waals surface area (Å²) in [4.78, 5) is 23.8. The average Bonchev–Trinajstić information content (AvgIpc) is 2.75. The highest BCUT2D eigenvalue weighted by atomic mass is 32.2. The lowest BCUT2D eigenvalue weighted by Gasteiger charge is -2.18. The van der Waals surface area contributed by atoms with Gasteiger partial charge in [0.2, 0.25) is 0 Å². The molecule has 0 saturated carbocycles. The summed E-state index contributed by atoms with van der Waals surface area (Å²) >= 11 is -1.21. The molecule has 0 saturated heterocycles. The first-order chi connectivity index (χ1) is 14.9. The van der Waals surface area contributed by atoms with Crippen molar-refractivity contribution in [3.63, 3.8) is 0 Å². The van der Waals surface area contributed by atoms with E-state index in [9.17, 15) is 24.4 Å². The Morgan fingerprint density at radius 1 is 0.806 bits per heavy atom. The lowest BCUT2D eigenvalue weighted by Crippen LogP contribution is -2.09. The fraction of sp³-hybridized carbons (Fsp3) is 0.130. The standard InChI is InChI=1S/C23H22N2O5S/c1-2-13-31(30)15-11-12-20(24-18-9-5-3-7-16(18)22(26)27)21(14-15)25-19-10-6-4-8-17(19)23(28)29/h3-12,14,24-25H,2,13H2,1H3,(H,26,27)(H,28,29). The monoisotopic (exact) mass is 438 g/mol.